The van der Waals surface area contributed by atoms with Crippen molar-refractivity contribution in [3.05, 3.63) is 18.2 Å². The monoisotopic (exact) mass is 211 g/mol. The van der Waals surface area contributed by atoms with Crippen LogP contribution in [-0.4, -0.2) is 30.2 Å². The number of methoxy groups -OCH3 is 1. The van der Waals surface area contributed by atoms with E-state index < -0.39 is 0 Å². The van der Waals surface area contributed by atoms with Crippen molar-refractivity contribution in [2.45, 2.75) is 26.8 Å². The van der Waals surface area contributed by atoms with E-state index in [1.807, 2.05) is 6.20 Å². The highest BCUT2D eigenvalue weighted by Gasteiger charge is 2.16. The smallest absolute Gasteiger partial charge is 0.0922 e. The van der Waals surface area contributed by atoms with Crippen molar-refractivity contribution >= 4 is 0 Å². The molecule has 0 unspecified atom stereocenters. The molecule has 15 heavy (non-hydrogen) atoms. The lowest BCUT2D eigenvalue weighted by Gasteiger charge is -2.24. The van der Waals surface area contributed by atoms with Gasteiger partial charge in [-0.25, -0.2) is 4.98 Å². The molecule has 86 valence electrons. The molecular formula is C11H21N3O. The maximum Gasteiger partial charge on any atom is 0.0922 e. The summed E-state index contributed by atoms with van der Waals surface area (Å²) >= 11 is 0. The number of ether oxygens (including phenoxy) is 1. The summed E-state index contributed by atoms with van der Waals surface area (Å²) in [5.41, 5.74) is 1.40. The van der Waals surface area contributed by atoms with Gasteiger partial charge in [-0.15, -0.1) is 0 Å². The van der Waals surface area contributed by atoms with Gasteiger partial charge in [-0.2, -0.15) is 0 Å². The summed E-state index contributed by atoms with van der Waals surface area (Å²) in [6.07, 6.45) is 4.61. The van der Waals surface area contributed by atoms with E-state index >= 15 is 0 Å². The Bertz CT molecular complexity index is 257. The first-order valence-corrected chi connectivity index (χ1v) is 5.31. The maximum absolute atomic E-state index is 5.09. The van der Waals surface area contributed by atoms with Gasteiger partial charge in [0.25, 0.3) is 0 Å². The molecule has 4 heteroatoms. The molecular weight excluding hydrogens is 190 g/mol. The number of aromatic amines is 1. The van der Waals surface area contributed by atoms with E-state index in [0.717, 1.165) is 31.8 Å². The van der Waals surface area contributed by atoms with Crippen molar-refractivity contribution in [1.82, 2.24) is 15.3 Å². The van der Waals surface area contributed by atoms with Crippen LogP contribution in [0.2, 0.25) is 0 Å². The minimum Gasteiger partial charge on any atom is -0.385 e. The second-order valence-corrected chi connectivity index (χ2v) is 4.59. The second-order valence-electron chi connectivity index (χ2n) is 4.59. The molecule has 1 heterocycles. The summed E-state index contributed by atoms with van der Waals surface area (Å²) in [6, 6.07) is 0. The summed E-state index contributed by atoms with van der Waals surface area (Å²) in [7, 11) is 1.74. The molecule has 0 aliphatic carbocycles. The van der Waals surface area contributed by atoms with Gasteiger partial charge in [0.2, 0.25) is 0 Å². The number of H-pyrrole nitrogens is 1. The number of hydrogen-bond donors (Lipinski definition) is 2. The molecule has 4 nitrogen and oxygen atoms in total. The summed E-state index contributed by atoms with van der Waals surface area (Å²) in [5.74, 6) is 0. The fourth-order valence-corrected chi connectivity index (χ4v) is 1.38. The highest BCUT2D eigenvalue weighted by Crippen LogP contribution is 2.18. The first-order valence-electron chi connectivity index (χ1n) is 5.31. The fraction of sp³-hybridized carbons (Fsp3) is 0.727. The van der Waals surface area contributed by atoms with E-state index in [1.54, 1.807) is 13.4 Å². The third kappa shape index (κ3) is 4.95. The predicted octanol–water partition coefficient (Wildman–Crippen LogP) is 1.56. The van der Waals surface area contributed by atoms with Crippen molar-refractivity contribution in [1.29, 1.82) is 0 Å². The van der Waals surface area contributed by atoms with Gasteiger partial charge in [0.05, 0.1) is 6.33 Å². The number of aromatic nitrogens is 2. The van der Waals surface area contributed by atoms with E-state index in [4.69, 9.17) is 4.74 Å². The van der Waals surface area contributed by atoms with Gasteiger partial charge in [0, 0.05) is 38.7 Å². The van der Waals surface area contributed by atoms with E-state index in [9.17, 15) is 0 Å². The van der Waals surface area contributed by atoms with Crippen LogP contribution in [0.3, 0.4) is 0 Å². The third-order valence-electron chi connectivity index (χ3n) is 2.46. The number of rotatable bonds is 7. The SMILES string of the molecule is COCCC(C)(C)CNCc1cnc[nH]1. The Morgan fingerprint density at radius 2 is 2.33 bits per heavy atom. The van der Waals surface area contributed by atoms with Crippen molar-refractivity contribution < 1.29 is 4.74 Å². The summed E-state index contributed by atoms with van der Waals surface area (Å²) < 4.78 is 5.09. The Labute approximate surface area is 91.4 Å². The van der Waals surface area contributed by atoms with Gasteiger partial charge in [0.1, 0.15) is 0 Å². The van der Waals surface area contributed by atoms with Gasteiger partial charge in [-0.1, -0.05) is 13.8 Å². The van der Waals surface area contributed by atoms with E-state index in [2.05, 4.69) is 29.1 Å². The van der Waals surface area contributed by atoms with E-state index in [-0.39, 0.29) is 5.41 Å². The second kappa shape index (κ2) is 5.88. The molecule has 1 aromatic rings. The Kier molecular flexibility index (Phi) is 4.78. The van der Waals surface area contributed by atoms with E-state index in [0.29, 0.717) is 0 Å². The largest absolute Gasteiger partial charge is 0.385 e. The van der Waals surface area contributed by atoms with Crippen LogP contribution in [0.25, 0.3) is 0 Å². The standard InChI is InChI=1S/C11H21N3O/c1-11(2,4-5-15-3)8-12-6-10-7-13-9-14-10/h7,9,12H,4-6,8H2,1-3H3,(H,13,14). The predicted molar refractivity (Wildman–Crippen MR) is 60.6 cm³/mol. The Hall–Kier alpha value is -0.870. The molecule has 0 bridgehead atoms. The van der Waals surface area contributed by atoms with Gasteiger partial charge in [-0.05, 0) is 11.8 Å². The van der Waals surface area contributed by atoms with E-state index in [1.165, 1.54) is 0 Å². The maximum atomic E-state index is 5.09. The third-order valence-corrected chi connectivity index (χ3v) is 2.46. The quantitative estimate of drug-likeness (QED) is 0.719. The first-order chi connectivity index (χ1) is 7.14. The van der Waals surface area contributed by atoms with Crippen LogP contribution in [0.1, 0.15) is 26.0 Å². The van der Waals surface area contributed by atoms with Crippen LogP contribution in [0.5, 0.6) is 0 Å². The van der Waals surface area contributed by atoms with Crippen molar-refractivity contribution in [2.75, 3.05) is 20.3 Å². The highest BCUT2D eigenvalue weighted by molar-refractivity contribution is 4.93. The molecule has 1 aromatic heterocycles. The molecule has 0 amide bonds. The molecule has 0 spiro atoms. The lowest BCUT2D eigenvalue weighted by Crippen LogP contribution is -2.30. The van der Waals surface area contributed by atoms with Crippen molar-refractivity contribution in [2.24, 2.45) is 5.41 Å². The minimum atomic E-state index is 0.274. The molecule has 1 rings (SSSR count). The van der Waals surface area contributed by atoms with Gasteiger partial charge in [-0.3, -0.25) is 0 Å². The average molecular weight is 211 g/mol. The summed E-state index contributed by atoms with van der Waals surface area (Å²) in [5, 5.41) is 3.41. The normalized spacial score (nSPS) is 11.9. The lowest BCUT2D eigenvalue weighted by atomic mass is 9.90. The van der Waals surface area contributed by atoms with Gasteiger partial charge < -0.3 is 15.0 Å². The average Bonchev–Trinajstić information content (AvgIpc) is 2.67. The van der Waals surface area contributed by atoms with Crippen LogP contribution in [0, 0.1) is 5.41 Å². The Morgan fingerprint density at radius 3 is 2.93 bits per heavy atom. The number of nitrogens with zero attached hydrogens (tertiary/aromatic N) is 1. The zero-order valence-electron chi connectivity index (χ0n) is 9.84. The molecule has 2 N–H and O–H groups in total. The lowest BCUT2D eigenvalue weighted by molar-refractivity contribution is 0.150. The fourth-order valence-electron chi connectivity index (χ4n) is 1.38. The molecule has 0 aromatic carbocycles. The molecule has 0 fully saturated rings. The molecule has 0 aliphatic rings. The molecule has 0 atom stereocenters. The summed E-state index contributed by atoms with van der Waals surface area (Å²) in [4.78, 5) is 7.04. The highest BCUT2D eigenvalue weighted by atomic mass is 16.5. The molecule has 0 aliphatic heterocycles. The van der Waals surface area contributed by atoms with Crippen LogP contribution in [0.15, 0.2) is 12.5 Å². The van der Waals surface area contributed by atoms with Crippen LogP contribution in [0.4, 0.5) is 0 Å². The first kappa shape index (κ1) is 12.2. The molecule has 0 saturated heterocycles. The Morgan fingerprint density at radius 1 is 1.53 bits per heavy atom. The minimum absolute atomic E-state index is 0.274. The Balaban J connectivity index is 2.18. The van der Waals surface area contributed by atoms with Crippen LogP contribution in [-0.2, 0) is 11.3 Å². The van der Waals surface area contributed by atoms with Crippen LogP contribution >= 0.6 is 0 Å². The van der Waals surface area contributed by atoms with Gasteiger partial charge in [0.15, 0.2) is 0 Å². The summed E-state index contributed by atoms with van der Waals surface area (Å²) in [6.45, 7) is 7.13. The van der Waals surface area contributed by atoms with Crippen LogP contribution < -0.4 is 5.32 Å². The topological polar surface area (TPSA) is 49.9 Å². The molecule has 0 radical (unpaired) electrons. The number of imidazole rings is 1. The van der Waals surface area contributed by atoms with Gasteiger partial charge >= 0.3 is 0 Å². The zero-order valence-corrected chi connectivity index (χ0v) is 9.84. The number of nitrogens with one attached hydrogen (secondary N) is 2. The zero-order chi connectivity index (χ0) is 11.1. The van der Waals surface area contributed by atoms with Crippen molar-refractivity contribution in [3.63, 3.8) is 0 Å². The van der Waals surface area contributed by atoms with Crippen molar-refractivity contribution in [3.8, 4) is 0 Å². The number of hydrogen-bond acceptors (Lipinski definition) is 3. The molecule has 0 saturated carbocycles.